The Morgan fingerprint density at radius 2 is 1.86 bits per heavy atom. The molecule has 1 aromatic heterocycles. The molecular formula is C23H31N2O3S+. The molecule has 0 fully saturated rings. The maximum atomic E-state index is 11.6. The molecule has 1 heterocycles. The lowest BCUT2D eigenvalue weighted by Crippen LogP contribution is -2.33. The Kier molecular flexibility index (Phi) is 10.1. The molecule has 0 unspecified atom stereocenters. The first-order chi connectivity index (χ1) is 14.2. The summed E-state index contributed by atoms with van der Waals surface area (Å²) in [7, 11) is 0. The van der Waals surface area contributed by atoms with Crippen molar-refractivity contribution in [3.05, 3.63) is 53.9 Å². The minimum absolute atomic E-state index is 0.0830. The maximum absolute atomic E-state index is 11.6. The van der Waals surface area contributed by atoms with Gasteiger partial charge in [-0.05, 0) is 31.5 Å². The van der Waals surface area contributed by atoms with E-state index >= 15 is 0 Å². The lowest BCUT2D eigenvalue weighted by Gasteiger charge is -2.10. The van der Waals surface area contributed by atoms with Crippen LogP contribution in [0.15, 0.2) is 42.7 Å². The van der Waals surface area contributed by atoms with Gasteiger partial charge in [0.05, 0.1) is 13.2 Å². The Morgan fingerprint density at radius 3 is 2.55 bits per heavy atom. The summed E-state index contributed by atoms with van der Waals surface area (Å²) in [6.45, 7) is 6.61. The second kappa shape index (κ2) is 12.9. The molecule has 2 rings (SSSR count). The smallest absolute Gasteiger partial charge is 0.220 e. The molecule has 0 aliphatic heterocycles. The number of rotatable bonds is 12. The van der Waals surface area contributed by atoms with Gasteiger partial charge in [-0.1, -0.05) is 12.2 Å². The second-order valence-corrected chi connectivity index (χ2v) is 6.89. The predicted octanol–water partition coefficient (Wildman–Crippen LogP) is 3.77. The number of carbonyl (C=O) groups is 1. The molecule has 6 heteroatoms. The Bertz CT molecular complexity index is 791. The van der Waals surface area contributed by atoms with Crippen LogP contribution >= 0.6 is 12.6 Å². The summed E-state index contributed by atoms with van der Waals surface area (Å²) in [5.74, 6) is 2.38. The Balaban J connectivity index is 1.93. The van der Waals surface area contributed by atoms with Crippen LogP contribution in [0.1, 0.15) is 37.8 Å². The molecule has 0 atom stereocenters. The molecule has 0 radical (unpaired) electrons. The van der Waals surface area contributed by atoms with Gasteiger partial charge in [0.25, 0.3) is 0 Å². The third kappa shape index (κ3) is 8.20. The van der Waals surface area contributed by atoms with Crippen molar-refractivity contribution < 1.29 is 18.8 Å². The van der Waals surface area contributed by atoms with Crippen molar-refractivity contribution in [1.82, 2.24) is 5.32 Å². The summed E-state index contributed by atoms with van der Waals surface area (Å²) in [6, 6.07) is 10.0. The van der Waals surface area contributed by atoms with E-state index in [2.05, 4.69) is 40.7 Å². The lowest BCUT2D eigenvalue weighted by molar-refractivity contribution is -0.697. The number of ether oxygens (including phenoxy) is 2. The quantitative estimate of drug-likeness (QED) is 0.410. The van der Waals surface area contributed by atoms with Gasteiger partial charge in [0.1, 0.15) is 18.0 Å². The molecule has 0 saturated heterocycles. The number of aryl methyl sites for hydroxylation is 1. The first kappa shape index (κ1) is 22.8. The van der Waals surface area contributed by atoms with Crippen LogP contribution in [0.3, 0.4) is 0 Å². The van der Waals surface area contributed by atoms with Crippen molar-refractivity contribution >= 4 is 30.7 Å². The fourth-order valence-corrected chi connectivity index (χ4v) is 2.92. The monoisotopic (exact) mass is 415 g/mol. The van der Waals surface area contributed by atoms with Gasteiger partial charge < -0.3 is 14.8 Å². The minimum Gasteiger partial charge on any atom is -0.494 e. The topological polar surface area (TPSA) is 51.4 Å². The average molecular weight is 416 g/mol. The van der Waals surface area contributed by atoms with Crippen LogP contribution in [0.25, 0.3) is 12.2 Å². The van der Waals surface area contributed by atoms with Crippen molar-refractivity contribution in [3.63, 3.8) is 0 Å². The predicted molar refractivity (Wildman–Crippen MR) is 120 cm³/mol. The summed E-state index contributed by atoms with van der Waals surface area (Å²) in [5, 5.41) is 2.83. The Labute approximate surface area is 179 Å². The molecule has 5 nitrogen and oxygen atoms in total. The van der Waals surface area contributed by atoms with Gasteiger partial charge in [0.15, 0.2) is 12.4 Å². The number of pyridine rings is 1. The van der Waals surface area contributed by atoms with Crippen LogP contribution in [0, 0.1) is 0 Å². The normalized spacial score (nSPS) is 10.9. The van der Waals surface area contributed by atoms with Gasteiger partial charge in [-0.15, -0.1) is 0 Å². The largest absolute Gasteiger partial charge is 0.494 e. The van der Waals surface area contributed by atoms with Crippen LogP contribution in [-0.4, -0.2) is 31.4 Å². The SMILES string of the molecule is CCOc1ccc(/C=C/c2cc[n+](CCCC(=O)NCCS)cc2)c(OCC)c1. The Hall–Kier alpha value is -2.47. The van der Waals surface area contributed by atoms with Gasteiger partial charge in [-0.2, -0.15) is 12.6 Å². The molecule has 0 saturated carbocycles. The molecule has 1 N–H and O–H groups in total. The summed E-state index contributed by atoms with van der Waals surface area (Å²) < 4.78 is 13.4. The van der Waals surface area contributed by atoms with Crippen molar-refractivity contribution in [1.29, 1.82) is 0 Å². The van der Waals surface area contributed by atoms with Crippen LogP contribution in [0.4, 0.5) is 0 Å². The van der Waals surface area contributed by atoms with Gasteiger partial charge >= 0.3 is 0 Å². The molecule has 0 aliphatic carbocycles. The number of hydrogen-bond acceptors (Lipinski definition) is 4. The van der Waals surface area contributed by atoms with Gasteiger partial charge in [0.2, 0.25) is 5.91 Å². The summed E-state index contributed by atoms with van der Waals surface area (Å²) in [6.07, 6.45) is 9.52. The van der Waals surface area contributed by atoms with E-state index in [4.69, 9.17) is 9.47 Å². The van der Waals surface area contributed by atoms with E-state index in [1.54, 1.807) is 0 Å². The molecule has 156 valence electrons. The van der Waals surface area contributed by atoms with E-state index in [9.17, 15) is 4.79 Å². The van der Waals surface area contributed by atoms with E-state index in [1.165, 1.54) is 0 Å². The molecule has 29 heavy (non-hydrogen) atoms. The van der Waals surface area contributed by atoms with E-state index in [-0.39, 0.29) is 5.91 Å². The number of nitrogens with one attached hydrogen (secondary N) is 1. The molecule has 0 aliphatic rings. The van der Waals surface area contributed by atoms with Crippen LogP contribution in [-0.2, 0) is 11.3 Å². The highest BCUT2D eigenvalue weighted by atomic mass is 32.1. The number of nitrogens with zero attached hydrogens (tertiary/aromatic N) is 1. The third-order valence-corrected chi connectivity index (χ3v) is 4.45. The Morgan fingerprint density at radius 1 is 1.10 bits per heavy atom. The number of benzene rings is 1. The molecular weight excluding hydrogens is 384 g/mol. The average Bonchev–Trinajstić information content (AvgIpc) is 2.73. The molecule has 1 aromatic carbocycles. The zero-order chi connectivity index (χ0) is 20.9. The van der Waals surface area contributed by atoms with E-state index in [1.807, 2.05) is 50.5 Å². The van der Waals surface area contributed by atoms with Gasteiger partial charge in [0, 0.05) is 48.9 Å². The number of hydrogen-bond donors (Lipinski definition) is 2. The van der Waals surface area contributed by atoms with E-state index in [0.717, 1.165) is 35.6 Å². The zero-order valence-corrected chi connectivity index (χ0v) is 18.2. The highest BCUT2D eigenvalue weighted by Gasteiger charge is 2.06. The van der Waals surface area contributed by atoms with Crippen LogP contribution in [0.2, 0.25) is 0 Å². The number of carbonyl (C=O) groups excluding carboxylic acids is 1. The highest BCUT2D eigenvalue weighted by molar-refractivity contribution is 7.80. The van der Waals surface area contributed by atoms with E-state index in [0.29, 0.717) is 31.9 Å². The van der Waals surface area contributed by atoms with Gasteiger partial charge in [-0.3, -0.25) is 4.79 Å². The molecule has 0 spiro atoms. The van der Waals surface area contributed by atoms with Crippen molar-refractivity contribution in [2.24, 2.45) is 0 Å². The first-order valence-electron chi connectivity index (χ1n) is 10.1. The van der Waals surface area contributed by atoms with Gasteiger partial charge in [-0.25, -0.2) is 4.57 Å². The van der Waals surface area contributed by atoms with Crippen LogP contribution in [0.5, 0.6) is 11.5 Å². The van der Waals surface area contributed by atoms with E-state index < -0.39 is 0 Å². The molecule has 2 aromatic rings. The number of thiol groups is 1. The fraction of sp³-hybridized carbons (Fsp3) is 0.391. The minimum atomic E-state index is 0.0830. The van der Waals surface area contributed by atoms with Crippen molar-refractivity contribution in [3.8, 4) is 11.5 Å². The highest BCUT2D eigenvalue weighted by Crippen LogP contribution is 2.26. The molecule has 0 bridgehead atoms. The second-order valence-electron chi connectivity index (χ2n) is 6.45. The summed E-state index contributed by atoms with van der Waals surface area (Å²) in [4.78, 5) is 11.6. The lowest BCUT2D eigenvalue weighted by atomic mass is 10.1. The summed E-state index contributed by atoms with van der Waals surface area (Å²) in [5.41, 5.74) is 2.11. The standard InChI is InChI=1S/C23H30N2O3S/c1-3-27-21-10-9-20(22(18-21)28-4-2)8-7-19-11-15-25(16-12-19)14-5-6-23(26)24-13-17-29/h7-12,15-16,18H,3-6,13-14,17H2,1-2H3,(H-,24,26,29)/p+1/b8-7+. The third-order valence-electron chi connectivity index (χ3n) is 4.22. The fourth-order valence-electron chi connectivity index (χ4n) is 2.81. The molecule has 1 amide bonds. The number of aromatic nitrogens is 1. The number of amides is 1. The summed E-state index contributed by atoms with van der Waals surface area (Å²) >= 11 is 4.09. The first-order valence-corrected chi connectivity index (χ1v) is 10.7. The van der Waals surface area contributed by atoms with Crippen LogP contribution < -0.4 is 19.4 Å². The van der Waals surface area contributed by atoms with Crippen molar-refractivity contribution in [2.45, 2.75) is 33.2 Å². The maximum Gasteiger partial charge on any atom is 0.220 e. The zero-order valence-electron chi connectivity index (χ0n) is 17.3. The van der Waals surface area contributed by atoms with Crippen molar-refractivity contribution in [2.75, 3.05) is 25.5 Å².